The van der Waals surface area contributed by atoms with Crippen LogP contribution in [-0.2, 0) is 0 Å². The minimum atomic E-state index is -0.727. The number of nitrogens with one attached hydrogen (secondary N) is 1. The summed E-state index contributed by atoms with van der Waals surface area (Å²) in [6, 6.07) is 8.94. The van der Waals surface area contributed by atoms with Crippen LogP contribution in [0.2, 0.25) is 0 Å². The van der Waals surface area contributed by atoms with Crippen LogP contribution in [0.25, 0.3) is 11.0 Å². The number of aromatic nitrogens is 2. The van der Waals surface area contributed by atoms with E-state index in [9.17, 15) is 13.2 Å². The Bertz CT molecular complexity index is 1420. The lowest BCUT2D eigenvalue weighted by Crippen LogP contribution is -2.47. The fourth-order valence-electron chi connectivity index (χ4n) is 5.59. The van der Waals surface area contributed by atoms with Gasteiger partial charge in [-0.2, -0.15) is 0 Å². The van der Waals surface area contributed by atoms with E-state index in [2.05, 4.69) is 9.97 Å². The van der Waals surface area contributed by atoms with Gasteiger partial charge in [0.05, 0.1) is 23.4 Å². The molecule has 0 radical (unpaired) electrons. The number of para-hydroxylation sites is 1. The van der Waals surface area contributed by atoms with E-state index in [-0.39, 0.29) is 43.6 Å². The normalized spacial score (nSPS) is 18.3. The Morgan fingerprint density at radius 3 is 2.00 bits per heavy atom. The summed E-state index contributed by atoms with van der Waals surface area (Å²) >= 11 is 0. The Balaban J connectivity index is 1.24. The molecule has 2 aliphatic heterocycles. The van der Waals surface area contributed by atoms with Crippen molar-refractivity contribution >= 4 is 28.1 Å². The van der Waals surface area contributed by atoms with Gasteiger partial charge in [-0.15, -0.1) is 0 Å². The molecule has 2 aliphatic rings. The second kappa shape index (κ2) is 9.24. The molecular weight excluding hydrogens is 489 g/mol. The van der Waals surface area contributed by atoms with Crippen LogP contribution < -0.4 is 14.7 Å². The second-order valence-corrected chi connectivity index (χ2v) is 9.45. The van der Waals surface area contributed by atoms with Crippen LogP contribution in [0, 0.1) is 29.1 Å². The maximum Gasteiger partial charge on any atom is 0.151 e. The largest absolute Gasteiger partial charge is 0.364 e. The Hall–Kier alpha value is -3.82. The van der Waals surface area contributed by atoms with Gasteiger partial charge in [0.1, 0.15) is 28.8 Å². The van der Waals surface area contributed by atoms with Crippen molar-refractivity contribution in [1.29, 1.82) is 0 Å². The molecule has 10 heteroatoms. The van der Waals surface area contributed by atoms with Crippen LogP contribution in [0.1, 0.15) is 24.4 Å². The second-order valence-electron chi connectivity index (χ2n) is 9.45. The minimum absolute atomic E-state index is 0.126. The summed E-state index contributed by atoms with van der Waals surface area (Å²) in [4.78, 5) is 12.0. The summed E-state index contributed by atoms with van der Waals surface area (Å²) in [6.07, 6.45) is 2.89. The average Bonchev–Trinajstić information content (AvgIpc) is 3.53. The molecule has 0 saturated carbocycles. The molecule has 192 valence electrons. The summed E-state index contributed by atoms with van der Waals surface area (Å²) in [5, 5.41) is 0. The molecule has 1 aromatic heterocycles. The molecule has 1 atom stereocenters. The smallest absolute Gasteiger partial charge is 0.151 e. The van der Waals surface area contributed by atoms with E-state index >= 15 is 8.78 Å². The highest BCUT2D eigenvalue weighted by molar-refractivity contribution is 5.76. The molecule has 0 spiro atoms. The van der Waals surface area contributed by atoms with Gasteiger partial charge in [0.25, 0.3) is 0 Å². The first-order valence-electron chi connectivity index (χ1n) is 12.2. The number of rotatable bonds is 4. The number of hydrogen-bond donors (Lipinski definition) is 1. The number of halogens is 5. The molecule has 0 bridgehead atoms. The van der Waals surface area contributed by atoms with Gasteiger partial charge < -0.3 is 19.7 Å². The number of aromatic amines is 1. The first-order chi connectivity index (χ1) is 17.9. The van der Waals surface area contributed by atoms with Gasteiger partial charge in [-0.3, -0.25) is 0 Å². The lowest BCUT2D eigenvalue weighted by atomic mass is 10.0. The van der Waals surface area contributed by atoms with Gasteiger partial charge >= 0.3 is 0 Å². The van der Waals surface area contributed by atoms with E-state index in [0.717, 1.165) is 6.42 Å². The Morgan fingerprint density at radius 1 is 0.730 bits per heavy atom. The topological polar surface area (TPSA) is 38.4 Å². The zero-order chi connectivity index (χ0) is 25.7. The van der Waals surface area contributed by atoms with Crippen LogP contribution in [0.3, 0.4) is 0 Å². The molecule has 37 heavy (non-hydrogen) atoms. The van der Waals surface area contributed by atoms with E-state index in [0.29, 0.717) is 35.2 Å². The lowest BCUT2D eigenvalue weighted by molar-refractivity contribution is 0.537. The summed E-state index contributed by atoms with van der Waals surface area (Å²) in [5.74, 6) is -3.18. The van der Waals surface area contributed by atoms with Crippen molar-refractivity contribution in [1.82, 2.24) is 9.97 Å². The van der Waals surface area contributed by atoms with E-state index in [4.69, 9.17) is 0 Å². The number of H-pyrrole nitrogens is 1. The number of hydrogen-bond acceptors (Lipinski definition) is 4. The highest BCUT2D eigenvalue weighted by Crippen LogP contribution is 2.40. The third-order valence-corrected chi connectivity index (χ3v) is 7.33. The van der Waals surface area contributed by atoms with Crippen LogP contribution in [0.5, 0.6) is 0 Å². The predicted octanol–water partition coefficient (Wildman–Crippen LogP) is 5.93. The fraction of sp³-hybridized carbons (Fsp3) is 0.296. The predicted molar refractivity (Wildman–Crippen MR) is 133 cm³/mol. The minimum Gasteiger partial charge on any atom is -0.364 e. The third kappa shape index (κ3) is 4.14. The molecule has 3 aromatic carbocycles. The van der Waals surface area contributed by atoms with Crippen molar-refractivity contribution in [2.24, 2.45) is 0 Å². The van der Waals surface area contributed by atoms with Crippen molar-refractivity contribution in [3.05, 3.63) is 83.4 Å². The average molecular weight is 514 g/mol. The lowest BCUT2D eigenvalue weighted by Gasteiger charge is -2.38. The molecule has 4 aromatic rings. The van der Waals surface area contributed by atoms with Crippen molar-refractivity contribution < 1.29 is 22.0 Å². The van der Waals surface area contributed by atoms with Gasteiger partial charge in [-0.05, 0) is 49.2 Å². The standard InChI is InChI=1S/C27H24F5N5/c28-18-3-1-4-19(29)26(18)35-7-9-36(10-8-35)27-21(31)11-16(12-22(27)32)37-6-2-5-25(37)17-13-23-24(14-20(17)30)34-15-33-23/h1,3-4,11-15,25H,2,5-10H2,(H,33,34)/t25-/m1/s1. The molecule has 0 aliphatic carbocycles. The van der Waals surface area contributed by atoms with Crippen molar-refractivity contribution in [3.8, 4) is 0 Å². The SMILES string of the molecule is Fc1cc2[nH]cnc2cc1[C@H]1CCCN1c1cc(F)c(N2CCN(c3c(F)cccc3F)CC2)c(F)c1. The molecule has 0 unspecified atom stereocenters. The summed E-state index contributed by atoms with van der Waals surface area (Å²) in [5.41, 5.74) is 1.71. The van der Waals surface area contributed by atoms with Crippen LogP contribution in [-0.4, -0.2) is 42.7 Å². The van der Waals surface area contributed by atoms with Gasteiger partial charge in [0, 0.05) is 44.0 Å². The molecule has 2 saturated heterocycles. The quantitative estimate of drug-likeness (QED) is 0.344. The maximum absolute atomic E-state index is 15.3. The number of fused-ring (bicyclic) bond motifs is 1. The Kier molecular flexibility index (Phi) is 5.89. The maximum atomic E-state index is 15.3. The molecule has 3 heterocycles. The molecule has 6 rings (SSSR count). The molecule has 2 fully saturated rings. The molecule has 5 nitrogen and oxygen atoms in total. The number of benzene rings is 3. The van der Waals surface area contributed by atoms with Gasteiger partial charge in [-0.25, -0.2) is 26.9 Å². The summed E-state index contributed by atoms with van der Waals surface area (Å²) in [6.45, 7) is 1.35. The van der Waals surface area contributed by atoms with E-state index < -0.39 is 29.1 Å². The van der Waals surface area contributed by atoms with E-state index in [1.807, 2.05) is 4.90 Å². The molecule has 1 N–H and O–H groups in total. The number of nitrogens with zero attached hydrogens (tertiary/aromatic N) is 4. The van der Waals surface area contributed by atoms with Crippen molar-refractivity contribution in [2.75, 3.05) is 47.4 Å². The highest BCUT2D eigenvalue weighted by atomic mass is 19.1. The van der Waals surface area contributed by atoms with E-state index in [1.54, 1.807) is 15.9 Å². The van der Waals surface area contributed by atoms with Crippen LogP contribution in [0.4, 0.5) is 39.0 Å². The number of imidazole rings is 1. The van der Waals surface area contributed by atoms with Gasteiger partial charge in [0.2, 0.25) is 0 Å². The first-order valence-corrected chi connectivity index (χ1v) is 12.2. The monoisotopic (exact) mass is 513 g/mol. The summed E-state index contributed by atoms with van der Waals surface area (Å²) in [7, 11) is 0. The molecular formula is C27H24F5N5. The van der Waals surface area contributed by atoms with Crippen LogP contribution in [0.15, 0.2) is 48.8 Å². The van der Waals surface area contributed by atoms with Crippen molar-refractivity contribution in [2.45, 2.75) is 18.9 Å². The van der Waals surface area contributed by atoms with Crippen LogP contribution >= 0.6 is 0 Å². The zero-order valence-corrected chi connectivity index (χ0v) is 19.8. The Morgan fingerprint density at radius 2 is 1.35 bits per heavy atom. The van der Waals surface area contributed by atoms with E-state index in [1.165, 1.54) is 42.7 Å². The highest BCUT2D eigenvalue weighted by Gasteiger charge is 2.31. The fourth-order valence-corrected chi connectivity index (χ4v) is 5.59. The summed E-state index contributed by atoms with van der Waals surface area (Å²) < 4.78 is 73.9. The molecule has 0 amide bonds. The van der Waals surface area contributed by atoms with Crippen molar-refractivity contribution in [3.63, 3.8) is 0 Å². The number of piperazine rings is 1. The van der Waals surface area contributed by atoms with Gasteiger partial charge in [0.15, 0.2) is 11.6 Å². The zero-order valence-electron chi connectivity index (χ0n) is 19.8. The first kappa shape index (κ1) is 23.6. The third-order valence-electron chi connectivity index (χ3n) is 7.33. The number of anilines is 3. The Labute approximate surface area is 210 Å². The van der Waals surface area contributed by atoms with Gasteiger partial charge in [-0.1, -0.05) is 6.07 Å².